The second-order valence-corrected chi connectivity index (χ2v) is 5.43. The van der Waals surface area contributed by atoms with Crippen molar-refractivity contribution in [2.24, 2.45) is 0 Å². The molecule has 2 fully saturated rings. The quantitative estimate of drug-likeness (QED) is 0.268. The van der Waals surface area contributed by atoms with Crippen LogP contribution in [-0.4, -0.2) is 104 Å². The van der Waals surface area contributed by atoms with Gasteiger partial charge in [-0.15, -0.1) is 0 Å². The molecule has 0 aliphatic carbocycles. The molecule has 0 saturated carbocycles. The lowest BCUT2D eigenvalue weighted by molar-refractivity contribution is -0.344. The Balaban J connectivity index is 2.06. The molecule has 0 spiro atoms. The second-order valence-electron chi connectivity index (χ2n) is 5.43. The van der Waals surface area contributed by atoms with Gasteiger partial charge in [0.15, 0.2) is 12.6 Å². The van der Waals surface area contributed by atoms with Crippen LogP contribution in [0.2, 0.25) is 0 Å². The van der Waals surface area contributed by atoms with Gasteiger partial charge in [0.25, 0.3) is 0 Å². The van der Waals surface area contributed by atoms with Crippen molar-refractivity contribution in [3.8, 4) is 0 Å². The number of aliphatic hydroxyl groups excluding tert-OH is 7. The van der Waals surface area contributed by atoms with E-state index in [9.17, 15) is 25.5 Å². The Morgan fingerprint density at radius 2 is 1.45 bits per heavy atom. The summed E-state index contributed by atoms with van der Waals surface area (Å²) < 4.78 is 15.3. The zero-order valence-electron chi connectivity index (χ0n) is 11.7. The first kappa shape index (κ1) is 17.9. The summed E-state index contributed by atoms with van der Waals surface area (Å²) >= 11 is 0. The Bertz CT molecular complexity index is 355. The third-order valence-electron chi connectivity index (χ3n) is 3.85. The molecule has 2 aliphatic heterocycles. The van der Waals surface area contributed by atoms with E-state index in [1.54, 1.807) is 0 Å². The number of hydrogen-bond acceptors (Lipinski definition) is 10. The molecular formula is C12H22O10. The van der Waals surface area contributed by atoms with Gasteiger partial charge in [0.05, 0.1) is 19.3 Å². The largest absolute Gasteiger partial charge is 0.394 e. The number of hydrogen-bond donors (Lipinski definition) is 7. The Hall–Kier alpha value is -0.400. The van der Waals surface area contributed by atoms with Crippen molar-refractivity contribution in [3.63, 3.8) is 0 Å². The Morgan fingerprint density at radius 3 is 2.05 bits per heavy atom. The summed E-state index contributed by atoms with van der Waals surface area (Å²) in [5, 5.41) is 67.0. The van der Waals surface area contributed by atoms with Crippen molar-refractivity contribution in [1.82, 2.24) is 0 Å². The van der Waals surface area contributed by atoms with E-state index in [0.29, 0.717) is 0 Å². The van der Waals surface area contributed by atoms with Gasteiger partial charge in [0.1, 0.15) is 36.6 Å². The zero-order valence-corrected chi connectivity index (χ0v) is 11.7. The van der Waals surface area contributed by atoms with Crippen LogP contribution < -0.4 is 0 Å². The van der Waals surface area contributed by atoms with Crippen molar-refractivity contribution in [2.45, 2.75) is 61.7 Å². The molecular weight excluding hydrogens is 304 g/mol. The highest BCUT2D eigenvalue weighted by molar-refractivity contribution is 4.91. The monoisotopic (exact) mass is 326 g/mol. The predicted octanol–water partition coefficient (Wildman–Crippen LogP) is -4.37. The molecule has 2 rings (SSSR count). The molecule has 22 heavy (non-hydrogen) atoms. The molecule has 9 atom stereocenters. The van der Waals surface area contributed by atoms with Gasteiger partial charge in [-0.3, -0.25) is 0 Å². The van der Waals surface area contributed by atoms with Gasteiger partial charge in [-0.1, -0.05) is 0 Å². The minimum absolute atomic E-state index is 0.128. The Morgan fingerprint density at radius 1 is 0.818 bits per heavy atom. The lowest BCUT2D eigenvalue weighted by Crippen LogP contribution is -2.62. The fraction of sp³-hybridized carbons (Fsp3) is 1.00. The van der Waals surface area contributed by atoms with Crippen molar-refractivity contribution < 1.29 is 50.0 Å². The third-order valence-corrected chi connectivity index (χ3v) is 3.85. The Labute approximate surface area is 126 Å². The predicted molar refractivity (Wildman–Crippen MR) is 67.2 cm³/mol. The molecule has 2 saturated heterocycles. The molecule has 0 aromatic heterocycles. The van der Waals surface area contributed by atoms with E-state index in [1.807, 2.05) is 0 Å². The molecule has 0 radical (unpaired) electrons. The summed E-state index contributed by atoms with van der Waals surface area (Å²) in [4.78, 5) is 0. The Kier molecular flexibility index (Phi) is 6.07. The van der Waals surface area contributed by atoms with Gasteiger partial charge in [0, 0.05) is 6.42 Å². The van der Waals surface area contributed by atoms with E-state index in [2.05, 4.69) is 0 Å². The number of rotatable bonds is 4. The van der Waals surface area contributed by atoms with Gasteiger partial charge in [-0.05, 0) is 0 Å². The van der Waals surface area contributed by atoms with E-state index < -0.39 is 68.5 Å². The second kappa shape index (κ2) is 7.45. The maximum absolute atomic E-state index is 9.99. The van der Waals surface area contributed by atoms with Crippen molar-refractivity contribution in [1.29, 1.82) is 0 Å². The first-order chi connectivity index (χ1) is 10.4. The van der Waals surface area contributed by atoms with E-state index in [1.165, 1.54) is 0 Å². The van der Waals surface area contributed by atoms with E-state index in [0.717, 1.165) is 0 Å². The zero-order chi connectivity index (χ0) is 16.4. The van der Waals surface area contributed by atoms with E-state index in [4.69, 9.17) is 24.4 Å². The first-order valence-corrected chi connectivity index (χ1v) is 6.97. The molecule has 130 valence electrons. The molecule has 2 heterocycles. The molecule has 2 aliphatic rings. The first-order valence-electron chi connectivity index (χ1n) is 6.97. The summed E-state index contributed by atoms with van der Waals surface area (Å²) in [7, 11) is 0. The van der Waals surface area contributed by atoms with Crippen molar-refractivity contribution in [2.75, 3.05) is 13.2 Å². The molecule has 9 unspecified atom stereocenters. The topological polar surface area (TPSA) is 169 Å². The van der Waals surface area contributed by atoms with Crippen molar-refractivity contribution >= 4 is 0 Å². The number of ether oxygens (including phenoxy) is 3. The summed E-state index contributed by atoms with van der Waals surface area (Å²) in [5.41, 5.74) is 0. The maximum Gasteiger partial charge on any atom is 0.184 e. The molecule has 0 aromatic carbocycles. The van der Waals surface area contributed by atoms with Gasteiger partial charge < -0.3 is 50.0 Å². The van der Waals surface area contributed by atoms with Crippen LogP contribution in [-0.2, 0) is 14.2 Å². The van der Waals surface area contributed by atoms with Crippen LogP contribution in [0.15, 0.2) is 0 Å². The summed E-state index contributed by atoms with van der Waals surface area (Å²) in [5.74, 6) is 0. The average Bonchev–Trinajstić information content (AvgIpc) is 2.49. The van der Waals surface area contributed by atoms with Crippen LogP contribution in [0.3, 0.4) is 0 Å². The minimum atomic E-state index is -1.69. The molecule has 0 amide bonds. The molecule has 10 nitrogen and oxygen atoms in total. The van der Waals surface area contributed by atoms with Gasteiger partial charge in [-0.2, -0.15) is 0 Å². The lowest BCUT2D eigenvalue weighted by Gasteiger charge is -2.43. The van der Waals surface area contributed by atoms with Crippen LogP contribution in [0.1, 0.15) is 6.42 Å². The summed E-state index contributed by atoms with van der Waals surface area (Å²) in [6.45, 7) is -1.12. The average molecular weight is 326 g/mol. The van der Waals surface area contributed by atoms with Gasteiger partial charge in [-0.25, -0.2) is 0 Å². The maximum atomic E-state index is 9.99. The van der Waals surface area contributed by atoms with Crippen LogP contribution in [0, 0.1) is 0 Å². The summed E-state index contributed by atoms with van der Waals surface area (Å²) in [6.07, 6.45) is -12.2. The highest BCUT2D eigenvalue weighted by Gasteiger charge is 2.47. The molecule has 10 heteroatoms. The normalized spacial score (nSPS) is 50.0. The highest BCUT2D eigenvalue weighted by atomic mass is 16.7. The fourth-order valence-electron chi connectivity index (χ4n) is 2.53. The minimum Gasteiger partial charge on any atom is -0.394 e. The smallest absolute Gasteiger partial charge is 0.184 e. The SMILES string of the molecule is OCC1OC(OC2C(O)C(O)OC(CO)C2O)C(O)CC1O. The van der Waals surface area contributed by atoms with Crippen LogP contribution in [0.4, 0.5) is 0 Å². The van der Waals surface area contributed by atoms with E-state index in [-0.39, 0.29) is 6.42 Å². The molecule has 7 N–H and O–H groups in total. The van der Waals surface area contributed by atoms with Crippen LogP contribution in [0.25, 0.3) is 0 Å². The van der Waals surface area contributed by atoms with Gasteiger partial charge in [0.2, 0.25) is 0 Å². The van der Waals surface area contributed by atoms with E-state index >= 15 is 0 Å². The standard InChI is InChI=1S/C12H22O10/c13-2-6-4(15)1-5(16)12(21-6)22-10-8(17)7(3-14)20-11(19)9(10)18/h4-19H,1-3H2. The fourth-order valence-corrected chi connectivity index (χ4v) is 2.53. The molecule has 0 aromatic rings. The van der Waals surface area contributed by atoms with Crippen LogP contribution >= 0.6 is 0 Å². The third kappa shape index (κ3) is 3.57. The highest BCUT2D eigenvalue weighted by Crippen LogP contribution is 2.28. The summed E-state index contributed by atoms with van der Waals surface area (Å²) in [6, 6.07) is 0. The lowest BCUT2D eigenvalue weighted by atomic mass is 9.98. The van der Waals surface area contributed by atoms with Crippen molar-refractivity contribution in [3.05, 3.63) is 0 Å². The van der Waals surface area contributed by atoms with Crippen LogP contribution in [0.5, 0.6) is 0 Å². The van der Waals surface area contributed by atoms with Gasteiger partial charge >= 0.3 is 0 Å². The molecule has 0 bridgehead atoms. The number of aliphatic hydroxyl groups is 7.